The maximum atomic E-state index is 11.3. The van der Waals surface area contributed by atoms with Crippen molar-refractivity contribution in [1.29, 1.82) is 0 Å². The molecule has 1 rings (SSSR count). The molecule has 0 radical (unpaired) electrons. The molecule has 1 N–H and O–H groups in total. The maximum absolute atomic E-state index is 11.3. The first-order valence-corrected chi connectivity index (χ1v) is 5.65. The third-order valence-corrected chi connectivity index (χ3v) is 1.88. The standard InChI is InChI=1S/C12H16N2O5/c1-12(2,3)19-18-11(15)8-13-9-5-4-6-10(7-9)14(16)17/h4-7,13H,8H2,1-3H3. The second-order valence-corrected chi connectivity index (χ2v) is 4.81. The highest BCUT2D eigenvalue weighted by molar-refractivity contribution is 5.74. The zero-order chi connectivity index (χ0) is 14.5. The molecule has 0 atom stereocenters. The molecular weight excluding hydrogens is 252 g/mol. The molecule has 104 valence electrons. The lowest BCUT2D eigenvalue weighted by molar-refractivity contribution is -0.384. The quantitative estimate of drug-likeness (QED) is 0.500. The van der Waals surface area contributed by atoms with Gasteiger partial charge in [-0.2, -0.15) is 4.89 Å². The van der Waals surface area contributed by atoms with Crippen molar-refractivity contribution in [2.45, 2.75) is 26.4 Å². The second kappa shape index (κ2) is 6.14. The topological polar surface area (TPSA) is 90.7 Å². The summed E-state index contributed by atoms with van der Waals surface area (Å²) in [6.45, 7) is 5.09. The van der Waals surface area contributed by atoms with E-state index in [0.29, 0.717) is 5.69 Å². The van der Waals surface area contributed by atoms with E-state index in [2.05, 4.69) is 10.2 Å². The zero-order valence-electron chi connectivity index (χ0n) is 11.0. The van der Waals surface area contributed by atoms with Crippen molar-refractivity contribution in [2.24, 2.45) is 0 Å². The average molecular weight is 268 g/mol. The van der Waals surface area contributed by atoms with Crippen LogP contribution in [0.1, 0.15) is 20.8 Å². The van der Waals surface area contributed by atoms with Crippen LogP contribution in [0.2, 0.25) is 0 Å². The first kappa shape index (κ1) is 14.9. The number of hydrogen-bond donors (Lipinski definition) is 1. The minimum Gasteiger partial charge on any atom is -0.374 e. The summed E-state index contributed by atoms with van der Waals surface area (Å²) in [5.74, 6) is -0.610. The van der Waals surface area contributed by atoms with E-state index in [4.69, 9.17) is 4.89 Å². The van der Waals surface area contributed by atoms with Crippen LogP contribution >= 0.6 is 0 Å². The number of hydrogen-bond acceptors (Lipinski definition) is 6. The number of nitrogens with one attached hydrogen (secondary N) is 1. The smallest absolute Gasteiger partial charge is 0.361 e. The number of anilines is 1. The van der Waals surface area contributed by atoms with Gasteiger partial charge in [-0.05, 0) is 26.8 Å². The minimum atomic E-state index is -0.610. The van der Waals surface area contributed by atoms with E-state index in [0.717, 1.165) is 0 Å². The maximum Gasteiger partial charge on any atom is 0.361 e. The van der Waals surface area contributed by atoms with E-state index < -0.39 is 16.5 Å². The number of nitrogens with zero attached hydrogens (tertiary/aromatic N) is 1. The Hall–Kier alpha value is -2.15. The van der Waals surface area contributed by atoms with Gasteiger partial charge in [-0.15, -0.1) is 0 Å². The molecule has 0 bridgehead atoms. The molecule has 0 aromatic heterocycles. The lowest BCUT2D eigenvalue weighted by atomic mass is 10.2. The Morgan fingerprint density at radius 1 is 1.42 bits per heavy atom. The highest BCUT2D eigenvalue weighted by Gasteiger charge is 2.15. The minimum absolute atomic E-state index is 0.0516. The monoisotopic (exact) mass is 268 g/mol. The van der Waals surface area contributed by atoms with Crippen LogP contribution in [-0.2, 0) is 14.6 Å². The van der Waals surface area contributed by atoms with Gasteiger partial charge in [0.25, 0.3) is 5.69 Å². The van der Waals surface area contributed by atoms with Gasteiger partial charge in [-0.1, -0.05) is 6.07 Å². The summed E-state index contributed by atoms with van der Waals surface area (Å²) < 4.78 is 0. The number of nitro groups is 1. The molecule has 0 aliphatic heterocycles. The predicted molar refractivity (Wildman–Crippen MR) is 68.5 cm³/mol. The Morgan fingerprint density at radius 2 is 2.11 bits per heavy atom. The normalized spacial score (nSPS) is 10.9. The van der Waals surface area contributed by atoms with E-state index in [-0.39, 0.29) is 12.2 Å². The Bertz CT molecular complexity index is 467. The van der Waals surface area contributed by atoms with Crippen LogP contribution in [0.25, 0.3) is 0 Å². The van der Waals surface area contributed by atoms with Crippen molar-refractivity contribution in [1.82, 2.24) is 0 Å². The SMILES string of the molecule is CC(C)(C)OOC(=O)CNc1cccc([N+](=O)[O-])c1. The van der Waals surface area contributed by atoms with E-state index in [1.165, 1.54) is 18.2 Å². The van der Waals surface area contributed by atoms with E-state index >= 15 is 0 Å². The Morgan fingerprint density at radius 3 is 2.68 bits per heavy atom. The number of non-ortho nitro benzene ring substituents is 1. The summed E-state index contributed by atoms with van der Waals surface area (Å²) in [6.07, 6.45) is 0. The molecule has 0 heterocycles. The number of rotatable bonds is 5. The number of carbonyl (C=O) groups is 1. The molecule has 0 unspecified atom stereocenters. The first-order valence-electron chi connectivity index (χ1n) is 5.65. The lowest BCUT2D eigenvalue weighted by Gasteiger charge is -2.16. The van der Waals surface area contributed by atoms with Crippen LogP contribution < -0.4 is 5.32 Å². The summed E-state index contributed by atoms with van der Waals surface area (Å²) in [5.41, 5.74) is -0.174. The van der Waals surface area contributed by atoms with Crippen molar-refractivity contribution in [3.05, 3.63) is 34.4 Å². The third kappa shape index (κ3) is 5.82. The molecule has 7 heteroatoms. The fourth-order valence-electron chi connectivity index (χ4n) is 1.10. The summed E-state index contributed by atoms with van der Waals surface area (Å²) in [4.78, 5) is 30.8. The van der Waals surface area contributed by atoms with Crippen LogP contribution in [0, 0.1) is 10.1 Å². The van der Waals surface area contributed by atoms with Gasteiger partial charge >= 0.3 is 5.97 Å². The van der Waals surface area contributed by atoms with Gasteiger partial charge in [0, 0.05) is 17.8 Å². The molecule has 0 amide bonds. The van der Waals surface area contributed by atoms with Crippen LogP contribution in [0.15, 0.2) is 24.3 Å². The van der Waals surface area contributed by atoms with Crippen LogP contribution in [0.3, 0.4) is 0 Å². The van der Waals surface area contributed by atoms with Crippen molar-refractivity contribution in [2.75, 3.05) is 11.9 Å². The molecule has 1 aromatic rings. The molecule has 0 spiro atoms. The highest BCUT2D eigenvalue weighted by atomic mass is 17.2. The number of carbonyl (C=O) groups excluding carboxylic acids is 1. The largest absolute Gasteiger partial charge is 0.374 e. The number of benzene rings is 1. The molecule has 0 saturated carbocycles. The van der Waals surface area contributed by atoms with Gasteiger partial charge in [-0.25, -0.2) is 4.79 Å². The highest BCUT2D eigenvalue weighted by Crippen LogP contribution is 2.16. The van der Waals surface area contributed by atoms with Crippen molar-refractivity contribution >= 4 is 17.3 Å². The van der Waals surface area contributed by atoms with E-state index in [1.54, 1.807) is 26.8 Å². The molecule has 0 aliphatic carbocycles. The Kier molecular flexibility index (Phi) is 4.82. The predicted octanol–water partition coefficient (Wildman–Crippen LogP) is 2.28. The second-order valence-electron chi connectivity index (χ2n) is 4.81. The Labute approximate surface area is 110 Å². The molecular formula is C12H16N2O5. The van der Waals surface area contributed by atoms with Crippen LogP contribution in [0.5, 0.6) is 0 Å². The van der Waals surface area contributed by atoms with Gasteiger partial charge in [0.2, 0.25) is 0 Å². The lowest BCUT2D eigenvalue weighted by Crippen LogP contribution is -2.25. The van der Waals surface area contributed by atoms with Crippen LogP contribution in [0.4, 0.5) is 11.4 Å². The van der Waals surface area contributed by atoms with Gasteiger partial charge in [0.15, 0.2) is 0 Å². The fourth-order valence-corrected chi connectivity index (χ4v) is 1.10. The number of nitro benzene ring substituents is 1. The molecule has 0 aliphatic rings. The first-order chi connectivity index (χ1) is 8.78. The van der Waals surface area contributed by atoms with E-state index in [1.807, 2.05) is 0 Å². The zero-order valence-corrected chi connectivity index (χ0v) is 11.0. The molecule has 19 heavy (non-hydrogen) atoms. The van der Waals surface area contributed by atoms with Crippen molar-refractivity contribution in [3.63, 3.8) is 0 Å². The Balaban J connectivity index is 2.46. The molecule has 0 saturated heterocycles. The molecule has 1 aromatic carbocycles. The molecule has 7 nitrogen and oxygen atoms in total. The summed E-state index contributed by atoms with van der Waals surface area (Å²) in [5, 5.41) is 13.3. The van der Waals surface area contributed by atoms with Crippen molar-refractivity contribution in [3.8, 4) is 0 Å². The summed E-state index contributed by atoms with van der Waals surface area (Å²) in [6, 6.07) is 5.84. The molecule has 0 fully saturated rings. The fraction of sp³-hybridized carbons (Fsp3) is 0.417. The van der Waals surface area contributed by atoms with Gasteiger partial charge in [-0.3, -0.25) is 15.0 Å². The van der Waals surface area contributed by atoms with Gasteiger partial charge in [0.05, 0.1) is 4.92 Å². The van der Waals surface area contributed by atoms with Gasteiger partial charge in [0.1, 0.15) is 12.1 Å². The van der Waals surface area contributed by atoms with Crippen LogP contribution in [-0.4, -0.2) is 23.0 Å². The summed E-state index contributed by atoms with van der Waals surface area (Å²) in [7, 11) is 0. The van der Waals surface area contributed by atoms with Gasteiger partial charge < -0.3 is 5.32 Å². The summed E-state index contributed by atoms with van der Waals surface area (Å²) >= 11 is 0. The van der Waals surface area contributed by atoms with E-state index in [9.17, 15) is 14.9 Å². The average Bonchev–Trinajstić information content (AvgIpc) is 2.33. The van der Waals surface area contributed by atoms with Crippen molar-refractivity contribution < 1.29 is 19.5 Å². The third-order valence-electron chi connectivity index (χ3n) is 1.88.